The molecule has 0 bridgehead atoms. The van der Waals surface area contributed by atoms with Gasteiger partial charge in [0.2, 0.25) is 8.41 Å². The highest BCUT2D eigenvalue weighted by Crippen LogP contribution is 2.60. The van der Waals surface area contributed by atoms with Gasteiger partial charge in [0.1, 0.15) is 5.75 Å². The number of anilines is 3. The van der Waals surface area contributed by atoms with Gasteiger partial charge in [-0.1, -0.05) is 59.3 Å². The molecule has 10 heteroatoms. The number of rotatable bonds is 6. The smallest absolute Gasteiger partial charge is 0.266 e. The maximum atomic E-state index is 15.9. The van der Waals surface area contributed by atoms with Crippen molar-refractivity contribution >= 4 is 53.2 Å². The van der Waals surface area contributed by atoms with E-state index in [0.717, 1.165) is 10.0 Å². The number of para-hydroxylation sites is 3. The minimum atomic E-state index is -3.30. The van der Waals surface area contributed by atoms with Crippen molar-refractivity contribution in [3.8, 4) is 11.5 Å². The van der Waals surface area contributed by atoms with Crippen LogP contribution in [0.5, 0.6) is 11.5 Å². The Morgan fingerprint density at radius 3 is 2.43 bits per heavy atom. The highest BCUT2D eigenvalue weighted by atomic mass is 79.9. The molecule has 7 rings (SSSR count). The average molecular weight is 702 g/mol. The van der Waals surface area contributed by atoms with Crippen LogP contribution in [0.25, 0.3) is 0 Å². The molecule has 4 aromatic rings. The second kappa shape index (κ2) is 11.4. The second-order valence-electron chi connectivity index (χ2n) is 12.7. The molecule has 1 spiro atoms. The fourth-order valence-electron chi connectivity index (χ4n) is 7.62. The molecule has 3 heterocycles. The molecule has 4 aromatic carbocycles. The van der Waals surface area contributed by atoms with Gasteiger partial charge in [-0.05, 0) is 79.7 Å². The van der Waals surface area contributed by atoms with Crippen LogP contribution in [0.1, 0.15) is 34.8 Å². The summed E-state index contributed by atoms with van der Waals surface area (Å²) >= 11 is 3.57. The molecule has 0 aromatic heterocycles. The quantitative estimate of drug-likeness (QED) is 0.162. The highest BCUT2D eigenvalue weighted by Gasteiger charge is 2.66. The van der Waals surface area contributed by atoms with Gasteiger partial charge in [0.25, 0.3) is 11.8 Å². The molecule has 7 nitrogen and oxygen atoms in total. The number of hydrogen-bond donors (Lipinski definition) is 1. The van der Waals surface area contributed by atoms with Crippen LogP contribution < -0.4 is 14.5 Å². The predicted molar refractivity (Wildman–Crippen MR) is 181 cm³/mol. The fraction of sp³-hybridized carbons (Fsp3) is 0.278. The van der Waals surface area contributed by atoms with Crippen molar-refractivity contribution in [2.24, 2.45) is 5.92 Å². The summed E-state index contributed by atoms with van der Waals surface area (Å²) in [4.78, 5) is 32.0. The molecule has 0 aliphatic carbocycles. The molecule has 0 radical (unpaired) electrons. The largest absolute Gasteiger partial charge is 0.454 e. The number of hydrogen-bond acceptors (Lipinski definition) is 5. The molecular weight excluding hydrogens is 667 g/mol. The first-order valence-electron chi connectivity index (χ1n) is 15.4. The van der Waals surface area contributed by atoms with Crippen LogP contribution in [0.4, 0.5) is 21.2 Å². The average Bonchev–Trinajstić information content (AvgIpc) is 3.39. The predicted octanol–water partition coefficient (Wildman–Crippen LogP) is 8.24. The lowest BCUT2D eigenvalue weighted by Gasteiger charge is -2.31. The first kappa shape index (κ1) is 30.8. The van der Waals surface area contributed by atoms with Gasteiger partial charge in [-0.15, -0.1) is 0 Å². The zero-order valence-corrected chi connectivity index (χ0v) is 28.3. The summed E-state index contributed by atoms with van der Waals surface area (Å²) in [5.74, 6) is 0.120. The molecule has 236 valence electrons. The van der Waals surface area contributed by atoms with Crippen molar-refractivity contribution in [2.45, 2.75) is 50.2 Å². The normalized spacial score (nSPS) is 23.7. The SMILES string of the molecule is C[C@@H]1[C@@H]([Si](C)(C)F)[C@H](CCO)O[C@@]12C(=O)N(Cc1cccc(N3C(=O)c4ccccc4Oc4ccccc43)c1)c1ccc(Br)cc12. The minimum absolute atomic E-state index is 0.154. The molecule has 0 unspecified atom stereocenters. The standard InChI is InChI=1S/C36H34BrFN2O5Si/c1-22-33(46(2,3)38)32(17-18-41)45-36(22)27-20-24(37)15-16-28(27)39(35(36)43)21-23-9-8-10-25(19-23)40-29-12-5-7-14-31(29)44-30-13-6-4-11-26(30)34(40)42/h4-16,19-20,22,32-33,41H,17-18,21H2,1-3H3/t22-,32+,33-,36+/m1/s1. The number of ether oxygens (including phenoxy) is 2. The number of amides is 2. The van der Waals surface area contributed by atoms with Crippen LogP contribution in [-0.2, 0) is 21.7 Å². The van der Waals surface area contributed by atoms with E-state index >= 15 is 4.11 Å². The molecule has 2 amide bonds. The van der Waals surface area contributed by atoms with Crippen LogP contribution in [0.2, 0.25) is 18.6 Å². The first-order valence-corrected chi connectivity index (χ1v) is 19.2. The number of aliphatic hydroxyl groups is 1. The molecular formula is C36H34BrFN2O5Si. The van der Waals surface area contributed by atoms with Gasteiger partial charge in [-0.25, -0.2) is 0 Å². The van der Waals surface area contributed by atoms with Crippen molar-refractivity contribution in [1.29, 1.82) is 0 Å². The topological polar surface area (TPSA) is 79.3 Å². The van der Waals surface area contributed by atoms with E-state index in [9.17, 15) is 14.7 Å². The van der Waals surface area contributed by atoms with Crippen LogP contribution >= 0.6 is 15.9 Å². The van der Waals surface area contributed by atoms with E-state index in [1.54, 1.807) is 35.0 Å². The van der Waals surface area contributed by atoms with Gasteiger partial charge in [0.15, 0.2) is 11.4 Å². The zero-order valence-electron chi connectivity index (χ0n) is 25.7. The monoisotopic (exact) mass is 700 g/mol. The second-order valence-corrected chi connectivity index (χ2v) is 17.4. The Labute approximate surface area is 276 Å². The molecule has 4 atom stereocenters. The summed E-state index contributed by atoms with van der Waals surface area (Å²) in [6.45, 7) is 5.26. The van der Waals surface area contributed by atoms with Gasteiger partial charge in [-0.2, -0.15) is 0 Å². The van der Waals surface area contributed by atoms with Crippen LogP contribution in [-0.4, -0.2) is 38.0 Å². The Balaban J connectivity index is 1.28. The van der Waals surface area contributed by atoms with E-state index in [1.807, 2.05) is 85.8 Å². The van der Waals surface area contributed by atoms with Crippen molar-refractivity contribution in [1.82, 2.24) is 0 Å². The molecule has 46 heavy (non-hydrogen) atoms. The van der Waals surface area contributed by atoms with Gasteiger partial charge in [0.05, 0.1) is 29.6 Å². The molecule has 1 saturated heterocycles. The third-order valence-electron chi connectivity index (χ3n) is 9.49. The fourth-order valence-corrected chi connectivity index (χ4v) is 10.5. The number of benzene rings is 4. The Kier molecular flexibility index (Phi) is 7.67. The van der Waals surface area contributed by atoms with Gasteiger partial charge in [-0.3, -0.25) is 14.5 Å². The highest BCUT2D eigenvalue weighted by molar-refractivity contribution is 9.10. The number of carbonyl (C=O) groups is 2. The zero-order chi connectivity index (χ0) is 32.4. The molecule has 0 saturated carbocycles. The Hall–Kier alpha value is -3.83. The van der Waals surface area contributed by atoms with E-state index < -0.39 is 31.6 Å². The van der Waals surface area contributed by atoms with Crippen molar-refractivity contribution in [3.63, 3.8) is 0 Å². The first-order chi connectivity index (χ1) is 22.0. The number of carbonyl (C=O) groups excluding carboxylic acids is 2. The maximum Gasteiger partial charge on any atom is 0.266 e. The third-order valence-corrected chi connectivity index (χ3v) is 12.4. The summed E-state index contributed by atoms with van der Waals surface area (Å²) in [5, 5.41) is 9.84. The van der Waals surface area contributed by atoms with Crippen LogP contribution in [0, 0.1) is 5.92 Å². The molecule has 3 aliphatic rings. The van der Waals surface area contributed by atoms with Crippen LogP contribution in [0.3, 0.4) is 0 Å². The summed E-state index contributed by atoms with van der Waals surface area (Å²) < 4.78 is 29.5. The Morgan fingerprint density at radius 2 is 1.67 bits per heavy atom. The minimum Gasteiger partial charge on any atom is -0.454 e. The van der Waals surface area contributed by atoms with Crippen molar-refractivity contribution in [3.05, 3.63) is 112 Å². The molecule has 1 N–H and O–H groups in total. The maximum absolute atomic E-state index is 15.9. The van der Waals surface area contributed by atoms with Crippen LogP contribution in [0.15, 0.2) is 95.5 Å². The van der Waals surface area contributed by atoms with Gasteiger partial charge >= 0.3 is 0 Å². The third kappa shape index (κ3) is 4.81. The summed E-state index contributed by atoms with van der Waals surface area (Å²) in [6.07, 6.45) is -0.321. The number of aliphatic hydroxyl groups excluding tert-OH is 1. The van der Waals surface area contributed by atoms with Crippen molar-refractivity contribution < 1.29 is 28.3 Å². The lowest BCUT2D eigenvalue weighted by molar-refractivity contribution is -0.146. The lowest BCUT2D eigenvalue weighted by Crippen LogP contribution is -2.45. The van der Waals surface area contributed by atoms with Gasteiger partial charge < -0.3 is 23.6 Å². The summed E-state index contributed by atoms with van der Waals surface area (Å²) in [6, 6.07) is 27.8. The number of fused-ring (bicyclic) bond motifs is 4. The summed E-state index contributed by atoms with van der Waals surface area (Å²) in [5.41, 5.74) is 2.03. The molecule has 3 aliphatic heterocycles. The number of nitrogens with zero attached hydrogens (tertiary/aromatic N) is 2. The van der Waals surface area contributed by atoms with E-state index in [4.69, 9.17) is 9.47 Å². The lowest BCUT2D eigenvalue weighted by atomic mass is 9.82. The summed E-state index contributed by atoms with van der Waals surface area (Å²) in [7, 11) is -3.30. The Morgan fingerprint density at radius 1 is 0.935 bits per heavy atom. The van der Waals surface area contributed by atoms with E-state index in [0.29, 0.717) is 39.7 Å². The van der Waals surface area contributed by atoms with Crippen molar-refractivity contribution in [2.75, 3.05) is 16.4 Å². The van der Waals surface area contributed by atoms with E-state index in [2.05, 4.69) is 15.9 Å². The molecule has 1 fully saturated rings. The van der Waals surface area contributed by atoms with E-state index in [-0.39, 0.29) is 31.4 Å². The Bertz CT molecular complexity index is 1860. The van der Waals surface area contributed by atoms with Gasteiger partial charge in [0, 0.05) is 33.8 Å². The van der Waals surface area contributed by atoms with E-state index in [1.165, 1.54) is 0 Å². The number of halogens is 2.